The zero-order chi connectivity index (χ0) is 20.8. The number of halogens is 2. The van der Waals surface area contributed by atoms with E-state index >= 15 is 0 Å². The summed E-state index contributed by atoms with van der Waals surface area (Å²) in [5.74, 6) is 3.36. The monoisotopic (exact) mass is 413 g/mol. The molecule has 0 aliphatic heterocycles. The number of imidazole rings is 1. The minimum absolute atomic E-state index is 0.0406. The van der Waals surface area contributed by atoms with E-state index in [1.54, 1.807) is 25.4 Å². The van der Waals surface area contributed by atoms with Gasteiger partial charge in [0.2, 0.25) is 0 Å². The Hall–Kier alpha value is -3.01. The van der Waals surface area contributed by atoms with E-state index in [4.69, 9.17) is 27.5 Å². The average Bonchev–Trinajstić information content (AvgIpc) is 3.24. The number of nitrogens with one attached hydrogen (secondary N) is 2. The summed E-state index contributed by atoms with van der Waals surface area (Å²) in [5, 5.41) is 3.28. The molecule has 150 valence electrons. The second-order valence-corrected chi connectivity index (χ2v) is 6.61. The topological polar surface area (TPSA) is 59.2 Å². The number of ether oxygens (including phenoxy) is 2. The van der Waals surface area contributed by atoms with Gasteiger partial charge in [-0.2, -0.15) is 0 Å². The van der Waals surface area contributed by atoms with Crippen LogP contribution in [0.3, 0.4) is 0 Å². The molecule has 2 N–H and O–H groups in total. The van der Waals surface area contributed by atoms with Gasteiger partial charge in [-0.1, -0.05) is 23.6 Å². The predicted octanol–water partition coefficient (Wildman–Crippen LogP) is 5.42. The number of aromatic amines is 1. The Morgan fingerprint density at radius 1 is 1.31 bits per heavy atom. The zero-order valence-electron chi connectivity index (χ0n) is 16.1. The van der Waals surface area contributed by atoms with Crippen molar-refractivity contribution in [2.75, 3.05) is 11.9 Å². The van der Waals surface area contributed by atoms with Gasteiger partial charge in [0.1, 0.15) is 23.4 Å². The first kappa shape index (κ1) is 20.7. The zero-order valence-corrected chi connectivity index (χ0v) is 16.8. The van der Waals surface area contributed by atoms with Gasteiger partial charge >= 0.3 is 0 Å². The molecule has 0 fully saturated rings. The Morgan fingerprint density at radius 3 is 2.79 bits per heavy atom. The van der Waals surface area contributed by atoms with Gasteiger partial charge in [-0.25, -0.2) is 9.37 Å². The lowest BCUT2D eigenvalue weighted by Gasteiger charge is -2.21. The molecule has 0 saturated carbocycles. The fourth-order valence-electron chi connectivity index (χ4n) is 2.83. The Bertz CT molecular complexity index is 1000. The van der Waals surface area contributed by atoms with Crippen molar-refractivity contribution in [3.8, 4) is 29.5 Å². The maximum Gasteiger partial charge on any atom is 0.197 e. The van der Waals surface area contributed by atoms with E-state index in [1.807, 2.05) is 25.1 Å². The average molecular weight is 414 g/mol. The molecule has 2 unspecified atom stereocenters. The van der Waals surface area contributed by atoms with Gasteiger partial charge in [0.05, 0.1) is 10.7 Å². The summed E-state index contributed by atoms with van der Waals surface area (Å²) in [7, 11) is 0. The molecule has 1 heterocycles. The van der Waals surface area contributed by atoms with Crippen LogP contribution in [0, 0.1) is 18.2 Å². The van der Waals surface area contributed by atoms with Crippen molar-refractivity contribution in [2.45, 2.75) is 26.2 Å². The van der Waals surface area contributed by atoms with Crippen LogP contribution >= 0.6 is 11.6 Å². The minimum Gasteiger partial charge on any atom is -0.463 e. The summed E-state index contributed by atoms with van der Waals surface area (Å²) in [6.45, 7) is 4.22. The molecule has 1 aromatic heterocycles. The van der Waals surface area contributed by atoms with Crippen LogP contribution in [0.4, 0.5) is 10.1 Å². The molecule has 0 bridgehead atoms. The third-order valence-corrected chi connectivity index (χ3v) is 4.50. The second-order valence-electron chi connectivity index (χ2n) is 6.21. The molecule has 2 atom stereocenters. The molecule has 0 aliphatic rings. The van der Waals surface area contributed by atoms with E-state index in [-0.39, 0.29) is 5.02 Å². The van der Waals surface area contributed by atoms with Crippen LogP contribution < -0.4 is 10.1 Å². The lowest BCUT2D eigenvalue weighted by atomic mass is 10.1. The predicted molar refractivity (Wildman–Crippen MR) is 112 cm³/mol. The summed E-state index contributed by atoms with van der Waals surface area (Å²) in [6, 6.07) is 9.44. The number of benzene rings is 2. The number of hydrogen-bond donors (Lipinski definition) is 2. The van der Waals surface area contributed by atoms with E-state index in [0.29, 0.717) is 29.4 Å². The quantitative estimate of drug-likeness (QED) is 0.382. The Morgan fingerprint density at radius 2 is 2.14 bits per heavy atom. The van der Waals surface area contributed by atoms with Crippen molar-refractivity contribution in [3.63, 3.8) is 0 Å². The van der Waals surface area contributed by atoms with Crippen molar-refractivity contribution in [2.24, 2.45) is 0 Å². The molecule has 0 amide bonds. The highest BCUT2D eigenvalue weighted by Crippen LogP contribution is 2.33. The molecule has 3 aromatic rings. The lowest BCUT2D eigenvalue weighted by Crippen LogP contribution is -2.18. The van der Waals surface area contributed by atoms with Crippen molar-refractivity contribution < 1.29 is 13.9 Å². The smallest absolute Gasteiger partial charge is 0.197 e. The van der Waals surface area contributed by atoms with Gasteiger partial charge in [0.15, 0.2) is 6.29 Å². The molecular weight excluding hydrogens is 393 g/mol. The van der Waals surface area contributed by atoms with Gasteiger partial charge in [-0.3, -0.25) is 0 Å². The first-order valence-corrected chi connectivity index (χ1v) is 9.49. The van der Waals surface area contributed by atoms with Crippen LogP contribution in [0.5, 0.6) is 5.75 Å². The summed E-state index contributed by atoms with van der Waals surface area (Å²) in [4.78, 5) is 7.34. The number of terminal acetylenes is 1. The number of anilines is 1. The molecule has 0 saturated heterocycles. The van der Waals surface area contributed by atoms with E-state index in [0.717, 1.165) is 5.56 Å². The molecule has 0 radical (unpaired) electrons. The van der Waals surface area contributed by atoms with E-state index < -0.39 is 18.1 Å². The molecule has 3 rings (SSSR count). The Labute approximate surface area is 174 Å². The van der Waals surface area contributed by atoms with Crippen molar-refractivity contribution in [1.29, 1.82) is 0 Å². The summed E-state index contributed by atoms with van der Waals surface area (Å²) < 4.78 is 25.3. The molecule has 2 aromatic carbocycles. The third kappa shape index (κ3) is 5.08. The van der Waals surface area contributed by atoms with Gasteiger partial charge in [0.25, 0.3) is 0 Å². The van der Waals surface area contributed by atoms with E-state index in [1.165, 1.54) is 12.1 Å². The van der Waals surface area contributed by atoms with Crippen LogP contribution in [0.25, 0.3) is 11.4 Å². The van der Waals surface area contributed by atoms with Crippen molar-refractivity contribution in [1.82, 2.24) is 9.97 Å². The first-order chi connectivity index (χ1) is 14.0. The number of aromatic nitrogens is 2. The first-order valence-electron chi connectivity index (χ1n) is 9.11. The summed E-state index contributed by atoms with van der Waals surface area (Å²) in [5.41, 5.74) is 2.04. The maximum atomic E-state index is 13.9. The van der Waals surface area contributed by atoms with Gasteiger partial charge in [0, 0.05) is 24.6 Å². The number of rotatable bonds is 8. The fraction of sp³-hybridized carbons (Fsp3) is 0.227. The standard InChI is InChI=1S/C22H21ClFN3O2/c1-4-19(15-6-8-17(23)18(24)12-15)27-20-13-16(22-25-10-11-26-22)7-9-21(20)29-14(3)28-5-2/h1,6-14,19,27H,5H2,2-3H3,(H,25,26). The van der Waals surface area contributed by atoms with Crippen molar-refractivity contribution >= 4 is 17.3 Å². The van der Waals surface area contributed by atoms with Crippen molar-refractivity contribution in [3.05, 3.63) is 65.2 Å². The molecule has 5 nitrogen and oxygen atoms in total. The number of nitrogens with zero attached hydrogens (tertiary/aromatic N) is 1. The molecular formula is C22H21ClFN3O2. The summed E-state index contributed by atoms with van der Waals surface area (Å²) >= 11 is 5.79. The van der Waals surface area contributed by atoms with Gasteiger partial charge in [-0.05, 0) is 49.7 Å². The van der Waals surface area contributed by atoms with Crippen LogP contribution in [-0.2, 0) is 4.74 Å². The highest BCUT2D eigenvalue weighted by atomic mass is 35.5. The maximum absolute atomic E-state index is 13.9. The van der Waals surface area contributed by atoms with Crippen LogP contribution in [-0.4, -0.2) is 22.9 Å². The van der Waals surface area contributed by atoms with Gasteiger partial charge < -0.3 is 19.8 Å². The molecule has 7 heteroatoms. The SMILES string of the molecule is C#CC(Nc1cc(-c2ncc[nH]2)ccc1OC(C)OCC)c1ccc(Cl)c(F)c1. The van der Waals surface area contributed by atoms with E-state index in [9.17, 15) is 4.39 Å². The molecule has 29 heavy (non-hydrogen) atoms. The van der Waals surface area contributed by atoms with Gasteiger partial charge in [-0.15, -0.1) is 6.42 Å². The fourth-order valence-corrected chi connectivity index (χ4v) is 2.95. The lowest BCUT2D eigenvalue weighted by molar-refractivity contribution is -0.0609. The minimum atomic E-state index is -0.599. The second kappa shape index (κ2) is 9.46. The largest absolute Gasteiger partial charge is 0.463 e. The Kier molecular flexibility index (Phi) is 6.76. The number of hydrogen-bond acceptors (Lipinski definition) is 4. The molecule has 0 spiro atoms. The highest BCUT2D eigenvalue weighted by molar-refractivity contribution is 6.30. The van der Waals surface area contributed by atoms with Crippen LogP contribution in [0.1, 0.15) is 25.5 Å². The van der Waals surface area contributed by atoms with E-state index in [2.05, 4.69) is 21.2 Å². The summed E-state index contributed by atoms with van der Waals surface area (Å²) in [6.07, 6.45) is 8.68. The third-order valence-electron chi connectivity index (χ3n) is 4.19. The molecule has 0 aliphatic carbocycles. The normalized spacial score (nSPS) is 12.8. The number of H-pyrrole nitrogens is 1. The highest BCUT2D eigenvalue weighted by Gasteiger charge is 2.16. The van der Waals surface area contributed by atoms with Crippen LogP contribution in [0.2, 0.25) is 5.02 Å². The van der Waals surface area contributed by atoms with Crippen LogP contribution in [0.15, 0.2) is 48.8 Å². The Balaban J connectivity index is 1.95.